The van der Waals surface area contributed by atoms with Crippen LogP contribution in [0.4, 0.5) is 23.2 Å². The Labute approximate surface area is 244 Å². The third kappa shape index (κ3) is 6.83. The van der Waals surface area contributed by atoms with E-state index in [2.05, 4.69) is 15.4 Å². The Bertz CT molecular complexity index is 1730. The molecule has 7 nitrogen and oxygen atoms in total. The fourth-order valence-electron chi connectivity index (χ4n) is 4.36. The minimum Gasteiger partial charge on any atom is -0.497 e. The van der Waals surface area contributed by atoms with Gasteiger partial charge in [0.25, 0.3) is 5.91 Å². The van der Waals surface area contributed by atoms with Crippen molar-refractivity contribution in [2.45, 2.75) is 19.5 Å². The van der Waals surface area contributed by atoms with E-state index in [1.807, 2.05) is 24.3 Å². The van der Waals surface area contributed by atoms with Crippen LogP contribution in [0.2, 0.25) is 0 Å². The van der Waals surface area contributed by atoms with Gasteiger partial charge in [-0.15, -0.1) is 5.10 Å². The summed E-state index contributed by atoms with van der Waals surface area (Å²) in [6, 6.07) is 23.5. The molecule has 1 heterocycles. The third-order valence-corrected chi connectivity index (χ3v) is 6.66. The van der Waals surface area contributed by atoms with Crippen molar-refractivity contribution in [3.05, 3.63) is 119 Å². The number of halogens is 4. The predicted octanol–water partition coefficient (Wildman–Crippen LogP) is 7.28. The fraction of sp³-hybridized carbons (Fsp3) is 0.156. The fourth-order valence-corrected chi connectivity index (χ4v) is 4.36. The summed E-state index contributed by atoms with van der Waals surface area (Å²) < 4.78 is 67.1. The molecule has 0 bridgehead atoms. The average Bonchev–Trinajstić information content (AvgIpc) is 3.41. The van der Waals surface area contributed by atoms with Crippen LogP contribution in [-0.4, -0.2) is 34.4 Å². The van der Waals surface area contributed by atoms with Crippen LogP contribution >= 0.6 is 0 Å². The summed E-state index contributed by atoms with van der Waals surface area (Å²) in [5, 5.41) is 7.04. The van der Waals surface area contributed by atoms with Gasteiger partial charge in [0.1, 0.15) is 11.6 Å². The Balaban J connectivity index is 1.35. The highest BCUT2D eigenvalue weighted by Gasteiger charge is 2.33. The topological polar surface area (TPSA) is 78.3 Å². The number of aromatic nitrogens is 3. The minimum atomic E-state index is -4.58. The average molecular weight is 591 g/mol. The number of carbonyl (C=O) groups excluding carboxylic acids is 1. The highest BCUT2D eigenvalue weighted by molar-refractivity contribution is 6.04. The second-order valence-corrected chi connectivity index (χ2v) is 9.58. The molecule has 5 aromatic rings. The van der Waals surface area contributed by atoms with Crippen LogP contribution in [0.25, 0.3) is 17.1 Å². The number of anilines is 1. The molecule has 0 saturated carbocycles. The van der Waals surface area contributed by atoms with Crippen LogP contribution in [0.1, 0.15) is 27.0 Å². The second kappa shape index (κ2) is 12.4. The molecule has 0 aliphatic carbocycles. The Hall–Kier alpha value is -5.19. The maximum absolute atomic E-state index is 14.8. The van der Waals surface area contributed by atoms with Crippen molar-refractivity contribution in [2.75, 3.05) is 19.0 Å². The van der Waals surface area contributed by atoms with E-state index in [9.17, 15) is 22.4 Å². The lowest BCUT2D eigenvalue weighted by Crippen LogP contribution is -2.15. The van der Waals surface area contributed by atoms with E-state index >= 15 is 0 Å². The van der Waals surface area contributed by atoms with Gasteiger partial charge in [-0.2, -0.15) is 18.2 Å². The summed E-state index contributed by atoms with van der Waals surface area (Å²) in [6.07, 6.45) is -4.00. The normalized spacial score (nSPS) is 11.3. The van der Waals surface area contributed by atoms with Gasteiger partial charge in [0.2, 0.25) is 0 Å². The number of nitrogens with zero attached hydrogens (tertiary/aromatic N) is 3. The van der Waals surface area contributed by atoms with Gasteiger partial charge in [0.05, 0.1) is 30.5 Å². The molecule has 0 radical (unpaired) electrons. The molecule has 0 unspecified atom stereocenters. The van der Waals surface area contributed by atoms with E-state index in [4.69, 9.17) is 9.47 Å². The number of benzene rings is 4. The lowest BCUT2D eigenvalue weighted by molar-refractivity contribution is -0.138. The zero-order valence-electron chi connectivity index (χ0n) is 23.2. The van der Waals surface area contributed by atoms with Gasteiger partial charge in [-0.25, -0.2) is 9.07 Å². The van der Waals surface area contributed by atoms with Crippen molar-refractivity contribution in [2.24, 2.45) is 0 Å². The number of carbonyl (C=O) groups is 1. The van der Waals surface area contributed by atoms with Gasteiger partial charge in [-0.1, -0.05) is 30.3 Å². The van der Waals surface area contributed by atoms with Crippen LogP contribution in [0.3, 0.4) is 0 Å². The van der Waals surface area contributed by atoms with Crippen molar-refractivity contribution in [1.82, 2.24) is 14.8 Å². The summed E-state index contributed by atoms with van der Waals surface area (Å²) in [5.74, 6) is -0.246. The molecule has 0 saturated heterocycles. The lowest BCUT2D eigenvalue weighted by Gasteiger charge is -2.12. The second-order valence-electron chi connectivity index (χ2n) is 9.58. The molecular formula is C32H26F4N4O3. The monoisotopic (exact) mass is 590 g/mol. The van der Waals surface area contributed by atoms with Crippen molar-refractivity contribution in [1.29, 1.82) is 0 Å². The first-order valence-electron chi connectivity index (χ1n) is 13.2. The van der Waals surface area contributed by atoms with Crippen molar-refractivity contribution in [3.8, 4) is 28.8 Å². The summed E-state index contributed by atoms with van der Waals surface area (Å²) in [6.45, 7) is 1.60. The van der Waals surface area contributed by atoms with E-state index < -0.39 is 23.5 Å². The largest absolute Gasteiger partial charge is 0.497 e. The quantitative estimate of drug-likeness (QED) is 0.183. The van der Waals surface area contributed by atoms with E-state index in [0.29, 0.717) is 17.8 Å². The number of alkyl halides is 3. The van der Waals surface area contributed by atoms with Gasteiger partial charge in [-0.3, -0.25) is 4.79 Å². The molecule has 1 N–H and O–H groups in total. The number of amides is 1. The molecule has 1 aromatic heterocycles. The van der Waals surface area contributed by atoms with Crippen LogP contribution in [-0.2, 0) is 12.6 Å². The molecule has 220 valence electrons. The smallest absolute Gasteiger partial charge is 0.416 e. The maximum atomic E-state index is 14.8. The molecule has 0 spiro atoms. The van der Waals surface area contributed by atoms with Gasteiger partial charge < -0.3 is 14.8 Å². The van der Waals surface area contributed by atoms with Crippen LogP contribution in [0, 0.1) is 12.7 Å². The minimum absolute atomic E-state index is 0.0240. The molecule has 0 fully saturated rings. The molecule has 43 heavy (non-hydrogen) atoms. The van der Waals surface area contributed by atoms with E-state index in [1.165, 1.54) is 29.8 Å². The van der Waals surface area contributed by atoms with E-state index in [1.54, 1.807) is 49.6 Å². The molecule has 0 aliphatic heterocycles. The van der Waals surface area contributed by atoms with Crippen molar-refractivity contribution in [3.63, 3.8) is 0 Å². The summed E-state index contributed by atoms with van der Waals surface area (Å²) in [4.78, 5) is 17.1. The number of hydrogen-bond acceptors (Lipinski definition) is 5. The Morgan fingerprint density at radius 3 is 2.35 bits per heavy atom. The molecule has 1 amide bonds. The number of hydrogen-bond donors (Lipinski definition) is 1. The van der Waals surface area contributed by atoms with Gasteiger partial charge in [-0.05, 0) is 78.7 Å². The van der Waals surface area contributed by atoms with E-state index in [0.717, 1.165) is 17.4 Å². The summed E-state index contributed by atoms with van der Waals surface area (Å²) in [7, 11) is 1.60. The van der Waals surface area contributed by atoms with E-state index in [-0.39, 0.29) is 35.1 Å². The predicted molar refractivity (Wildman–Crippen MR) is 153 cm³/mol. The summed E-state index contributed by atoms with van der Waals surface area (Å²) in [5.41, 5.74) is 1.08. The first kappa shape index (κ1) is 29.3. The SMILES string of the molecule is COc1ccc(CCOc2nc(-c3ccccc3F)n(-c3ccc(NC(=O)c4ccc(C)c(C(F)(F)F)c4)cc3)n2)cc1. The zero-order valence-corrected chi connectivity index (χ0v) is 23.2. The first-order valence-corrected chi connectivity index (χ1v) is 13.2. The molecule has 4 aromatic carbocycles. The first-order chi connectivity index (χ1) is 20.6. The van der Waals surface area contributed by atoms with Gasteiger partial charge in [0.15, 0.2) is 5.82 Å². The Morgan fingerprint density at radius 1 is 0.953 bits per heavy atom. The van der Waals surface area contributed by atoms with Crippen LogP contribution < -0.4 is 14.8 Å². The number of ether oxygens (including phenoxy) is 2. The number of nitrogens with one attached hydrogen (secondary N) is 1. The molecular weight excluding hydrogens is 564 g/mol. The van der Waals surface area contributed by atoms with Gasteiger partial charge >= 0.3 is 12.2 Å². The van der Waals surface area contributed by atoms with Crippen LogP contribution in [0.5, 0.6) is 11.8 Å². The molecule has 0 aliphatic rings. The molecule has 11 heteroatoms. The standard InChI is InChI=1S/C32H26F4N4O3/c1-20-7-10-22(19-27(20)32(34,35)36)30(41)37-23-11-13-24(14-12-23)40-29(26-5-3-4-6-28(26)33)38-31(39-40)43-18-17-21-8-15-25(42-2)16-9-21/h3-16,19H,17-18H2,1-2H3,(H,37,41). The highest BCUT2D eigenvalue weighted by Crippen LogP contribution is 2.32. The van der Waals surface area contributed by atoms with Crippen molar-refractivity contribution < 1.29 is 31.8 Å². The third-order valence-electron chi connectivity index (χ3n) is 6.66. The van der Waals surface area contributed by atoms with Crippen molar-refractivity contribution >= 4 is 11.6 Å². The van der Waals surface area contributed by atoms with Crippen LogP contribution in [0.15, 0.2) is 91.0 Å². The summed E-state index contributed by atoms with van der Waals surface area (Å²) >= 11 is 0. The Morgan fingerprint density at radius 2 is 1.67 bits per heavy atom. The maximum Gasteiger partial charge on any atom is 0.416 e. The number of rotatable bonds is 9. The number of aryl methyl sites for hydroxylation is 1. The number of methoxy groups -OCH3 is 1. The molecule has 0 atom stereocenters. The highest BCUT2D eigenvalue weighted by atomic mass is 19.4. The lowest BCUT2D eigenvalue weighted by atomic mass is 10.0. The Kier molecular flexibility index (Phi) is 8.42. The molecule has 5 rings (SSSR count). The zero-order chi connectivity index (χ0) is 30.6. The van der Waals surface area contributed by atoms with Gasteiger partial charge in [0, 0.05) is 17.7 Å².